The van der Waals surface area contributed by atoms with Gasteiger partial charge in [0.2, 0.25) is 0 Å². The standard InChI is InChI=1S/C16H31O2/c1-5-8-9-10-11-15(16(17)18-4)13-12-14(6-2)7-3/h11,14-15H,5-10,12-13H2,1-4H3. The number of hydrogen-bond donors (Lipinski definition) is 0. The monoisotopic (exact) mass is 255 g/mol. The second-order valence-electron chi connectivity index (χ2n) is 5.12. The summed E-state index contributed by atoms with van der Waals surface area (Å²) in [5.41, 5.74) is 0. The van der Waals surface area contributed by atoms with Crippen LogP contribution in [0, 0.1) is 18.3 Å². The van der Waals surface area contributed by atoms with Crippen molar-refractivity contribution in [2.75, 3.05) is 7.11 Å². The van der Waals surface area contributed by atoms with E-state index in [0.29, 0.717) is 0 Å². The van der Waals surface area contributed by atoms with Crippen LogP contribution in [0.15, 0.2) is 0 Å². The van der Waals surface area contributed by atoms with Crippen molar-refractivity contribution < 1.29 is 9.53 Å². The minimum absolute atomic E-state index is 0.00690. The highest BCUT2D eigenvalue weighted by atomic mass is 16.5. The second-order valence-corrected chi connectivity index (χ2v) is 5.12. The van der Waals surface area contributed by atoms with Crippen LogP contribution in [0.25, 0.3) is 0 Å². The van der Waals surface area contributed by atoms with Crippen molar-refractivity contribution in [2.45, 2.75) is 72.1 Å². The molecule has 0 aromatic rings. The maximum absolute atomic E-state index is 11.7. The van der Waals surface area contributed by atoms with Gasteiger partial charge < -0.3 is 4.74 Å². The fraction of sp³-hybridized carbons (Fsp3) is 0.875. The van der Waals surface area contributed by atoms with E-state index in [9.17, 15) is 4.79 Å². The number of ether oxygens (including phenoxy) is 1. The molecule has 0 aliphatic rings. The van der Waals surface area contributed by atoms with Crippen LogP contribution >= 0.6 is 0 Å². The van der Waals surface area contributed by atoms with E-state index in [0.717, 1.165) is 25.2 Å². The third-order valence-corrected chi connectivity index (χ3v) is 3.80. The number of methoxy groups -OCH3 is 1. The predicted octanol–water partition coefficient (Wildman–Crippen LogP) is 4.78. The first-order chi connectivity index (χ1) is 8.69. The summed E-state index contributed by atoms with van der Waals surface area (Å²) in [6, 6.07) is 0. The first kappa shape index (κ1) is 17.5. The first-order valence-corrected chi connectivity index (χ1v) is 7.60. The van der Waals surface area contributed by atoms with E-state index in [2.05, 4.69) is 27.2 Å². The summed E-state index contributed by atoms with van der Waals surface area (Å²) in [4.78, 5) is 11.7. The van der Waals surface area contributed by atoms with Crippen LogP contribution in [0.4, 0.5) is 0 Å². The van der Waals surface area contributed by atoms with E-state index in [-0.39, 0.29) is 11.9 Å². The Labute approximate surface area is 113 Å². The van der Waals surface area contributed by atoms with Gasteiger partial charge in [-0.25, -0.2) is 0 Å². The van der Waals surface area contributed by atoms with Gasteiger partial charge in [-0.3, -0.25) is 4.79 Å². The Kier molecular flexibility index (Phi) is 11.2. The molecule has 0 N–H and O–H groups in total. The number of carbonyl (C=O) groups is 1. The molecule has 0 aliphatic heterocycles. The number of hydrogen-bond acceptors (Lipinski definition) is 2. The third kappa shape index (κ3) is 7.73. The normalized spacial score (nSPS) is 12.7. The molecule has 1 unspecified atom stereocenters. The van der Waals surface area contributed by atoms with Gasteiger partial charge >= 0.3 is 5.97 Å². The molecule has 0 aliphatic carbocycles. The quantitative estimate of drug-likeness (QED) is 0.392. The lowest BCUT2D eigenvalue weighted by Crippen LogP contribution is -2.18. The SMILES string of the molecule is CCCCC[CH]C(CCC(CC)CC)C(=O)OC. The van der Waals surface area contributed by atoms with Crippen molar-refractivity contribution in [2.24, 2.45) is 11.8 Å². The van der Waals surface area contributed by atoms with Gasteiger partial charge in [-0.2, -0.15) is 0 Å². The summed E-state index contributed by atoms with van der Waals surface area (Å²) in [6.07, 6.45) is 11.4. The lowest BCUT2D eigenvalue weighted by atomic mass is 9.89. The van der Waals surface area contributed by atoms with Crippen molar-refractivity contribution in [3.63, 3.8) is 0 Å². The molecule has 0 amide bonds. The van der Waals surface area contributed by atoms with Crippen molar-refractivity contribution in [1.29, 1.82) is 0 Å². The molecule has 1 radical (unpaired) electrons. The molecule has 0 heterocycles. The van der Waals surface area contributed by atoms with E-state index in [1.54, 1.807) is 0 Å². The van der Waals surface area contributed by atoms with Gasteiger partial charge in [-0.05, 0) is 31.6 Å². The molecule has 0 aromatic carbocycles. The van der Waals surface area contributed by atoms with Crippen LogP contribution in [0.1, 0.15) is 72.1 Å². The zero-order valence-electron chi connectivity index (χ0n) is 12.7. The third-order valence-electron chi connectivity index (χ3n) is 3.80. The maximum atomic E-state index is 11.7. The molecule has 0 fully saturated rings. The fourth-order valence-corrected chi connectivity index (χ4v) is 2.31. The predicted molar refractivity (Wildman–Crippen MR) is 77.3 cm³/mol. The van der Waals surface area contributed by atoms with Gasteiger partial charge in [0.25, 0.3) is 0 Å². The lowest BCUT2D eigenvalue weighted by molar-refractivity contribution is -0.144. The van der Waals surface area contributed by atoms with Crippen molar-refractivity contribution in [3.8, 4) is 0 Å². The number of esters is 1. The van der Waals surface area contributed by atoms with Gasteiger partial charge in [0.1, 0.15) is 0 Å². The molecule has 0 spiro atoms. The Morgan fingerprint density at radius 1 is 1.11 bits per heavy atom. The molecule has 2 nitrogen and oxygen atoms in total. The molecular weight excluding hydrogens is 224 g/mol. The van der Waals surface area contributed by atoms with E-state index in [1.807, 2.05) is 0 Å². The summed E-state index contributed by atoms with van der Waals surface area (Å²) >= 11 is 0. The number of rotatable bonds is 11. The average molecular weight is 255 g/mol. The minimum atomic E-state index is -0.0579. The van der Waals surface area contributed by atoms with Gasteiger partial charge in [0.05, 0.1) is 13.0 Å². The molecule has 0 saturated carbocycles. The Bertz CT molecular complexity index is 197. The summed E-state index contributed by atoms with van der Waals surface area (Å²) in [7, 11) is 1.49. The highest BCUT2D eigenvalue weighted by Crippen LogP contribution is 2.22. The van der Waals surface area contributed by atoms with Gasteiger partial charge in [0, 0.05) is 0 Å². The summed E-state index contributed by atoms with van der Waals surface area (Å²) < 4.78 is 4.90. The highest BCUT2D eigenvalue weighted by Gasteiger charge is 2.19. The van der Waals surface area contributed by atoms with Crippen molar-refractivity contribution in [1.82, 2.24) is 0 Å². The van der Waals surface area contributed by atoms with Crippen LogP contribution in [-0.2, 0) is 9.53 Å². The Hall–Kier alpha value is -0.530. The fourth-order valence-electron chi connectivity index (χ4n) is 2.31. The number of carbonyl (C=O) groups excluding carboxylic acids is 1. The molecule has 0 rings (SSSR count). The highest BCUT2D eigenvalue weighted by molar-refractivity contribution is 5.73. The molecule has 0 saturated heterocycles. The largest absolute Gasteiger partial charge is 0.469 e. The summed E-state index contributed by atoms with van der Waals surface area (Å²) in [5.74, 6) is 0.700. The van der Waals surface area contributed by atoms with Crippen molar-refractivity contribution >= 4 is 5.97 Å². The van der Waals surface area contributed by atoms with E-state index in [4.69, 9.17) is 4.74 Å². The molecule has 2 heteroatoms. The van der Waals surface area contributed by atoms with E-state index in [1.165, 1.54) is 39.2 Å². The lowest BCUT2D eigenvalue weighted by Gasteiger charge is -2.17. The number of unbranched alkanes of at least 4 members (excludes halogenated alkanes) is 3. The zero-order valence-corrected chi connectivity index (χ0v) is 12.7. The molecule has 18 heavy (non-hydrogen) atoms. The van der Waals surface area contributed by atoms with E-state index >= 15 is 0 Å². The average Bonchev–Trinajstić information content (AvgIpc) is 2.41. The van der Waals surface area contributed by atoms with Crippen LogP contribution in [0.3, 0.4) is 0 Å². The van der Waals surface area contributed by atoms with Gasteiger partial charge in [0.15, 0.2) is 0 Å². The van der Waals surface area contributed by atoms with Crippen molar-refractivity contribution in [3.05, 3.63) is 6.42 Å². The molecular formula is C16H31O2. The molecule has 1 atom stereocenters. The van der Waals surface area contributed by atoms with Gasteiger partial charge in [-0.15, -0.1) is 0 Å². The minimum Gasteiger partial charge on any atom is -0.469 e. The molecule has 107 valence electrons. The Morgan fingerprint density at radius 2 is 1.78 bits per heavy atom. The summed E-state index contributed by atoms with van der Waals surface area (Å²) in [5, 5.41) is 0. The van der Waals surface area contributed by atoms with E-state index < -0.39 is 0 Å². The smallest absolute Gasteiger partial charge is 0.308 e. The zero-order chi connectivity index (χ0) is 13.8. The van der Waals surface area contributed by atoms with Crippen LogP contribution in [0.2, 0.25) is 0 Å². The Balaban J connectivity index is 4.02. The molecule has 0 aromatic heterocycles. The van der Waals surface area contributed by atoms with Crippen LogP contribution in [0.5, 0.6) is 0 Å². The van der Waals surface area contributed by atoms with Crippen LogP contribution < -0.4 is 0 Å². The second kappa shape index (κ2) is 11.6. The van der Waals surface area contributed by atoms with Crippen LogP contribution in [-0.4, -0.2) is 13.1 Å². The maximum Gasteiger partial charge on any atom is 0.308 e. The topological polar surface area (TPSA) is 26.3 Å². The Morgan fingerprint density at radius 3 is 2.28 bits per heavy atom. The summed E-state index contributed by atoms with van der Waals surface area (Å²) in [6.45, 7) is 6.66. The first-order valence-electron chi connectivity index (χ1n) is 7.60. The molecule has 0 bridgehead atoms. The van der Waals surface area contributed by atoms with Gasteiger partial charge in [-0.1, -0.05) is 52.9 Å².